The van der Waals surface area contributed by atoms with Crippen LogP contribution < -0.4 is 10.1 Å². The normalized spacial score (nSPS) is 11.2. The molecule has 0 heterocycles. The number of aryl methyl sites for hydroxylation is 1. The molecule has 0 aliphatic heterocycles. The number of halogens is 4. The average Bonchev–Trinajstić information content (AvgIpc) is 2.27. The molecule has 0 aromatic heterocycles. The second-order valence-electron chi connectivity index (χ2n) is 3.59. The summed E-state index contributed by atoms with van der Waals surface area (Å²) < 4.78 is 53.2. The second-order valence-corrected chi connectivity index (χ2v) is 3.59. The molecule has 3 nitrogen and oxygen atoms in total. The molecule has 0 aliphatic carbocycles. The molecule has 1 aromatic carbocycles. The van der Waals surface area contributed by atoms with Gasteiger partial charge in [-0.05, 0) is 30.7 Å². The van der Waals surface area contributed by atoms with E-state index in [0.29, 0.717) is 5.56 Å². The molecule has 18 heavy (non-hydrogen) atoms. The third-order valence-corrected chi connectivity index (χ3v) is 1.99. The van der Waals surface area contributed by atoms with Crippen LogP contribution in [0.3, 0.4) is 0 Å². The summed E-state index contributed by atoms with van der Waals surface area (Å²) in [5, 5.41) is 1.66. The van der Waals surface area contributed by atoms with Gasteiger partial charge in [-0.1, -0.05) is 0 Å². The van der Waals surface area contributed by atoms with E-state index in [9.17, 15) is 22.4 Å². The third-order valence-electron chi connectivity index (χ3n) is 1.99. The minimum atomic E-state index is -4.46. The van der Waals surface area contributed by atoms with Crippen LogP contribution in [0.25, 0.3) is 0 Å². The van der Waals surface area contributed by atoms with E-state index in [2.05, 4.69) is 0 Å². The summed E-state index contributed by atoms with van der Waals surface area (Å²) in [5.41, 5.74) is 0.322. The Kier molecular flexibility index (Phi) is 4.52. The Balaban J connectivity index is 2.40. The smallest absolute Gasteiger partial charge is 0.405 e. The number of hydrogen-bond donors (Lipinski definition) is 1. The molecule has 0 spiro atoms. The highest BCUT2D eigenvalue weighted by atomic mass is 19.4. The molecule has 7 heteroatoms. The summed E-state index contributed by atoms with van der Waals surface area (Å²) in [6.07, 6.45) is -4.46. The van der Waals surface area contributed by atoms with Gasteiger partial charge in [0.15, 0.2) is 6.61 Å². The van der Waals surface area contributed by atoms with Crippen LogP contribution in [0.1, 0.15) is 5.56 Å². The predicted octanol–water partition coefficient (Wildman–Crippen LogP) is 2.19. The number of carbonyl (C=O) groups excluding carboxylic acids is 1. The summed E-state index contributed by atoms with van der Waals surface area (Å²) in [7, 11) is 0. The lowest BCUT2D eigenvalue weighted by molar-refractivity contribution is -0.139. The van der Waals surface area contributed by atoms with Gasteiger partial charge in [0.1, 0.15) is 18.1 Å². The van der Waals surface area contributed by atoms with Gasteiger partial charge >= 0.3 is 6.18 Å². The first kappa shape index (κ1) is 14.3. The highest BCUT2D eigenvalue weighted by molar-refractivity contribution is 5.77. The Morgan fingerprint density at radius 3 is 2.61 bits per heavy atom. The van der Waals surface area contributed by atoms with Crippen molar-refractivity contribution in [2.24, 2.45) is 0 Å². The number of ether oxygens (including phenoxy) is 1. The van der Waals surface area contributed by atoms with E-state index in [1.165, 1.54) is 19.1 Å². The molecule has 1 amide bonds. The molecule has 100 valence electrons. The van der Waals surface area contributed by atoms with Gasteiger partial charge in [-0.3, -0.25) is 4.79 Å². The zero-order chi connectivity index (χ0) is 13.8. The SMILES string of the molecule is Cc1cc(OCC(=O)NCC(F)(F)F)ccc1F. The van der Waals surface area contributed by atoms with Crippen LogP contribution in [-0.4, -0.2) is 25.2 Å². The number of rotatable bonds is 4. The van der Waals surface area contributed by atoms with E-state index in [4.69, 9.17) is 4.74 Å². The molecule has 0 saturated carbocycles. The molecule has 0 bridgehead atoms. The Bertz CT molecular complexity index is 432. The van der Waals surface area contributed by atoms with Gasteiger partial charge in [0.05, 0.1) is 0 Å². The van der Waals surface area contributed by atoms with Gasteiger partial charge in [0, 0.05) is 0 Å². The number of nitrogens with one attached hydrogen (secondary N) is 1. The van der Waals surface area contributed by atoms with Gasteiger partial charge in [-0.15, -0.1) is 0 Å². The number of alkyl halides is 3. The van der Waals surface area contributed by atoms with Crippen LogP contribution >= 0.6 is 0 Å². The zero-order valence-electron chi connectivity index (χ0n) is 9.47. The molecule has 0 atom stereocenters. The highest BCUT2D eigenvalue weighted by Gasteiger charge is 2.27. The lowest BCUT2D eigenvalue weighted by atomic mass is 10.2. The molecule has 0 saturated heterocycles. The Labute approximate surface area is 101 Å². The molecular weight excluding hydrogens is 254 g/mol. The Hall–Kier alpha value is -1.79. The Morgan fingerprint density at radius 1 is 1.39 bits per heavy atom. The van der Waals surface area contributed by atoms with Crippen molar-refractivity contribution in [1.29, 1.82) is 0 Å². The van der Waals surface area contributed by atoms with Crippen LogP contribution in [0.5, 0.6) is 5.75 Å². The van der Waals surface area contributed by atoms with Crippen molar-refractivity contribution in [3.63, 3.8) is 0 Å². The zero-order valence-corrected chi connectivity index (χ0v) is 9.47. The lowest BCUT2D eigenvalue weighted by Crippen LogP contribution is -2.36. The van der Waals surface area contributed by atoms with Gasteiger partial charge in [-0.2, -0.15) is 13.2 Å². The minimum absolute atomic E-state index is 0.219. The van der Waals surface area contributed by atoms with Gasteiger partial charge in [0.25, 0.3) is 5.91 Å². The number of carbonyl (C=O) groups is 1. The molecule has 1 N–H and O–H groups in total. The summed E-state index contributed by atoms with van der Waals surface area (Å²) in [6, 6.07) is 3.80. The topological polar surface area (TPSA) is 38.3 Å². The first-order valence-electron chi connectivity index (χ1n) is 5.00. The van der Waals surface area contributed by atoms with E-state index in [1.54, 1.807) is 5.32 Å². The van der Waals surface area contributed by atoms with E-state index in [0.717, 1.165) is 6.07 Å². The van der Waals surface area contributed by atoms with Crippen LogP contribution in [0, 0.1) is 12.7 Å². The average molecular weight is 265 g/mol. The maximum absolute atomic E-state index is 12.9. The van der Waals surface area contributed by atoms with Crippen molar-refractivity contribution >= 4 is 5.91 Å². The van der Waals surface area contributed by atoms with E-state index in [-0.39, 0.29) is 5.75 Å². The van der Waals surface area contributed by atoms with E-state index >= 15 is 0 Å². The fourth-order valence-corrected chi connectivity index (χ4v) is 1.11. The first-order chi connectivity index (χ1) is 8.28. The number of benzene rings is 1. The van der Waals surface area contributed by atoms with Crippen LogP contribution in [0.2, 0.25) is 0 Å². The molecule has 0 radical (unpaired) electrons. The summed E-state index contributed by atoms with van der Waals surface area (Å²) in [5.74, 6) is -1.10. The molecule has 0 aliphatic rings. The van der Waals surface area contributed by atoms with Crippen molar-refractivity contribution in [2.75, 3.05) is 13.2 Å². The molecule has 1 rings (SSSR count). The summed E-state index contributed by atoms with van der Waals surface area (Å²) in [4.78, 5) is 11.0. The van der Waals surface area contributed by atoms with Crippen molar-refractivity contribution in [2.45, 2.75) is 13.1 Å². The van der Waals surface area contributed by atoms with Crippen molar-refractivity contribution in [3.8, 4) is 5.75 Å². The van der Waals surface area contributed by atoms with Crippen molar-refractivity contribution in [1.82, 2.24) is 5.32 Å². The standard InChI is InChI=1S/C11H11F4NO2/c1-7-4-8(2-3-9(7)12)18-5-10(17)16-6-11(13,14)15/h2-4H,5-6H2,1H3,(H,16,17). The summed E-state index contributed by atoms with van der Waals surface area (Å²) in [6.45, 7) is -0.454. The first-order valence-corrected chi connectivity index (χ1v) is 5.00. The van der Waals surface area contributed by atoms with Gasteiger partial charge in [0.2, 0.25) is 0 Å². The van der Waals surface area contributed by atoms with Crippen LogP contribution in [0.4, 0.5) is 17.6 Å². The highest BCUT2D eigenvalue weighted by Crippen LogP contribution is 2.16. The fourth-order valence-electron chi connectivity index (χ4n) is 1.11. The van der Waals surface area contributed by atoms with E-state index in [1.807, 2.05) is 0 Å². The fraction of sp³-hybridized carbons (Fsp3) is 0.364. The second kappa shape index (κ2) is 5.70. The third kappa shape index (κ3) is 5.03. The van der Waals surface area contributed by atoms with Crippen LogP contribution in [-0.2, 0) is 4.79 Å². The van der Waals surface area contributed by atoms with Gasteiger partial charge < -0.3 is 10.1 Å². The largest absolute Gasteiger partial charge is 0.484 e. The number of amides is 1. The maximum atomic E-state index is 12.9. The van der Waals surface area contributed by atoms with Gasteiger partial charge in [-0.25, -0.2) is 4.39 Å². The lowest BCUT2D eigenvalue weighted by Gasteiger charge is -2.09. The predicted molar refractivity (Wildman–Crippen MR) is 55.7 cm³/mol. The summed E-state index contributed by atoms with van der Waals surface area (Å²) >= 11 is 0. The molecule has 0 fully saturated rings. The molecular formula is C11H11F4NO2. The van der Waals surface area contributed by atoms with Crippen molar-refractivity contribution < 1.29 is 27.1 Å². The Morgan fingerprint density at radius 2 is 2.06 bits per heavy atom. The molecule has 0 unspecified atom stereocenters. The van der Waals surface area contributed by atoms with Crippen molar-refractivity contribution in [3.05, 3.63) is 29.6 Å². The number of hydrogen-bond acceptors (Lipinski definition) is 2. The molecule has 1 aromatic rings. The minimum Gasteiger partial charge on any atom is -0.484 e. The van der Waals surface area contributed by atoms with E-state index < -0.39 is 31.1 Å². The van der Waals surface area contributed by atoms with Crippen LogP contribution in [0.15, 0.2) is 18.2 Å². The maximum Gasteiger partial charge on any atom is 0.405 e. The quantitative estimate of drug-likeness (QED) is 0.847. The monoisotopic (exact) mass is 265 g/mol.